The van der Waals surface area contributed by atoms with Gasteiger partial charge in [-0.3, -0.25) is 4.79 Å². The fourth-order valence-corrected chi connectivity index (χ4v) is 0.850. The van der Waals surface area contributed by atoms with Gasteiger partial charge in [0.15, 0.2) is 0 Å². The Hall–Kier alpha value is -0.610. The molecular weight excluding hydrogens is 142 g/mol. The molecule has 0 radical (unpaired) electrons. The van der Waals surface area contributed by atoms with Crippen molar-refractivity contribution in [3.05, 3.63) is 0 Å². The lowest BCUT2D eigenvalue weighted by molar-refractivity contribution is -0.119. The number of hydrogen-bond acceptors (Lipinski definition) is 3. The van der Waals surface area contributed by atoms with Gasteiger partial charge in [0.2, 0.25) is 5.91 Å². The van der Waals surface area contributed by atoms with Gasteiger partial charge in [0.05, 0.1) is 6.04 Å². The van der Waals surface area contributed by atoms with Crippen molar-refractivity contribution >= 4 is 5.91 Å². The molecule has 0 aliphatic heterocycles. The summed E-state index contributed by atoms with van der Waals surface area (Å²) in [7, 11) is 0. The van der Waals surface area contributed by atoms with E-state index in [1.54, 1.807) is 0 Å². The van der Waals surface area contributed by atoms with Gasteiger partial charge in [0, 0.05) is 6.54 Å². The number of carbonyl (C=O) groups is 1. The maximum Gasteiger partial charge on any atom is 0.235 e. The van der Waals surface area contributed by atoms with E-state index in [1.807, 2.05) is 13.8 Å². The number of primary amides is 1. The first-order valence-electron chi connectivity index (χ1n) is 3.89. The Morgan fingerprint density at radius 1 is 1.45 bits per heavy atom. The lowest BCUT2D eigenvalue weighted by atomic mass is 10.3. The summed E-state index contributed by atoms with van der Waals surface area (Å²) in [5.74, 6) is -0.433. The Kier molecular flexibility index (Phi) is 4.81. The van der Waals surface area contributed by atoms with Crippen LogP contribution in [0.3, 0.4) is 0 Å². The predicted octanol–water partition coefficient (Wildman–Crippen LogP) is -0.859. The maximum absolute atomic E-state index is 10.5. The van der Waals surface area contributed by atoms with E-state index in [0.29, 0.717) is 6.54 Å². The van der Waals surface area contributed by atoms with Crippen LogP contribution in [0.15, 0.2) is 0 Å². The number of rotatable bonds is 5. The van der Waals surface area contributed by atoms with E-state index >= 15 is 0 Å². The molecule has 1 amide bonds. The molecule has 0 saturated carbocycles. The Labute approximate surface area is 67.5 Å². The molecule has 0 aliphatic carbocycles. The van der Waals surface area contributed by atoms with Crippen molar-refractivity contribution in [2.24, 2.45) is 11.5 Å². The molecule has 11 heavy (non-hydrogen) atoms. The molecule has 4 nitrogen and oxygen atoms in total. The Bertz CT molecular complexity index is 123. The van der Waals surface area contributed by atoms with Gasteiger partial charge in [-0.05, 0) is 13.1 Å². The summed E-state index contributed by atoms with van der Waals surface area (Å²) >= 11 is 0. The van der Waals surface area contributed by atoms with Gasteiger partial charge in [-0.25, -0.2) is 0 Å². The van der Waals surface area contributed by atoms with Gasteiger partial charge in [-0.1, -0.05) is 13.8 Å². The van der Waals surface area contributed by atoms with E-state index in [0.717, 1.165) is 13.1 Å². The zero-order chi connectivity index (χ0) is 8.85. The van der Waals surface area contributed by atoms with Gasteiger partial charge in [-0.15, -0.1) is 0 Å². The largest absolute Gasteiger partial charge is 0.368 e. The van der Waals surface area contributed by atoms with Crippen LogP contribution in [0.25, 0.3) is 0 Å². The van der Waals surface area contributed by atoms with E-state index in [2.05, 4.69) is 4.90 Å². The van der Waals surface area contributed by atoms with E-state index in [1.165, 1.54) is 0 Å². The highest BCUT2D eigenvalue weighted by Gasteiger charge is 2.11. The average molecular weight is 159 g/mol. The predicted molar refractivity (Wildman–Crippen MR) is 45.0 cm³/mol. The Balaban J connectivity index is 3.71. The highest BCUT2D eigenvalue weighted by molar-refractivity contribution is 5.79. The van der Waals surface area contributed by atoms with Gasteiger partial charge in [-0.2, -0.15) is 0 Å². The average Bonchev–Trinajstić information content (AvgIpc) is 1.99. The molecule has 1 atom stereocenters. The normalized spacial score (nSPS) is 13.5. The van der Waals surface area contributed by atoms with Crippen LogP contribution in [-0.2, 0) is 4.79 Å². The van der Waals surface area contributed by atoms with E-state index in [9.17, 15) is 4.79 Å². The minimum absolute atomic E-state index is 0.433. The highest BCUT2D eigenvalue weighted by atomic mass is 16.1. The first kappa shape index (κ1) is 10.4. The van der Waals surface area contributed by atoms with E-state index in [4.69, 9.17) is 11.5 Å². The summed E-state index contributed by atoms with van der Waals surface area (Å²) in [4.78, 5) is 12.6. The fraction of sp³-hybridized carbons (Fsp3) is 0.857. The second-order valence-electron chi connectivity index (χ2n) is 2.49. The fourth-order valence-electron chi connectivity index (χ4n) is 0.850. The van der Waals surface area contributed by atoms with Crippen LogP contribution in [0.2, 0.25) is 0 Å². The molecule has 0 saturated heterocycles. The standard InChI is InChI=1S/C7H17N3O/c1-3-10(4-2)5-6(8)7(9)11/h6H,3-5,8H2,1-2H3,(H2,9,11)/t6-/m0/s1. The molecule has 0 aromatic heterocycles. The smallest absolute Gasteiger partial charge is 0.235 e. The number of nitrogens with zero attached hydrogens (tertiary/aromatic N) is 1. The minimum Gasteiger partial charge on any atom is -0.368 e. The first-order chi connectivity index (χ1) is 5.11. The van der Waals surface area contributed by atoms with Crippen molar-refractivity contribution < 1.29 is 4.79 Å². The summed E-state index contributed by atoms with van der Waals surface area (Å²) in [5.41, 5.74) is 10.5. The van der Waals surface area contributed by atoms with Crippen molar-refractivity contribution in [2.75, 3.05) is 19.6 Å². The van der Waals surface area contributed by atoms with Crippen LogP contribution in [0.5, 0.6) is 0 Å². The lowest BCUT2D eigenvalue weighted by Crippen LogP contribution is -2.45. The molecule has 4 heteroatoms. The van der Waals surface area contributed by atoms with Crippen LogP contribution < -0.4 is 11.5 Å². The molecule has 4 N–H and O–H groups in total. The van der Waals surface area contributed by atoms with Crippen molar-refractivity contribution in [3.8, 4) is 0 Å². The quantitative estimate of drug-likeness (QED) is 0.548. The lowest BCUT2D eigenvalue weighted by Gasteiger charge is -2.20. The number of hydrogen-bond donors (Lipinski definition) is 2. The number of likely N-dealkylation sites (N-methyl/N-ethyl adjacent to an activating group) is 1. The molecule has 0 aromatic rings. The van der Waals surface area contributed by atoms with Crippen molar-refractivity contribution in [1.29, 1.82) is 0 Å². The number of nitrogens with two attached hydrogens (primary N) is 2. The molecule has 0 heterocycles. The molecule has 0 rings (SSSR count). The Morgan fingerprint density at radius 2 is 1.91 bits per heavy atom. The Morgan fingerprint density at radius 3 is 2.18 bits per heavy atom. The summed E-state index contributed by atoms with van der Waals surface area (Å²) in [6.45, 7) is 6.41. The summed E-state index contributed by atoms with van der Waals surface area (Å²) in [5, 5.41) is 0. The second kappa shape index (κ2) is 5.09. The molecule has 66 valence electrons. The van der Waals surface area contributed by atoms with Gasteiger partial charge in [0.1, 0.15) is 0 Å². The summed E-state index contributed by atoms with van der Waals surface area (Å²) in [6.07, 6.45) is 0. The van der Waals surface area contributed by atoms with Gasteiger partial charge >= 0.3 is 0 Å². The van der Waals surface area contributed by atoms with Crippen LogP contribution >= 0.6 is 0 Å². The zero-order valence-electron chi connectivity index (χ0n) is 7.21. The summed E-state index contributed by atoms with van der Waals surface area (Å²) < 4.78 is 0. The van der Waals surface area contributed by atoms with Gasteiger partial charge < -0.3 is 16.4 Å². The van der Waals surface area contributed by atoms with Crippen LogP contribution in [0.4, 0.5) is 0 Å². The molecular formula is C7H17N3O. The van der Waals surface area contributed by atoms with Gasteiger partial charge in [0.25, 0.3) is 0 Å². The summed E-state index contributed by atoms with van der Waals surface area (Å²) in [6, 6.07) is -0.533. The zero-order valence-corrected chi connectivity index (χ0v) is 7.21. The SMILES string of the molecule is CCN(CC)C[C@H](N)C(N)=O. The molecule has 0 fully saturated rings. The van der Waals surface area contributed by atoms with E-state index < -0.39 is 11.9 Å². The molecule has 0 aromatic carbocycles. The minimum atomic E-state index is -0.533. The first-order valence-corrected chi connectivity index (χ1v) is 3.89. The molecule has 0 aliphatic rings. The van der Waals surface area contributed by atoms with Crippen LogP contribution in [-0.4, -0.2) is 36.5 Å². The molecule has 0 bridgehead atoms. The third-order valence-corrected chi connectivity index (χ3v) is 1.71. The van der Waals surface area contributed by atoms with E-state index in [-0.39, 0.29) is 0 Å². The molecule has 0 unspecified atom stereocenters. The second-order valence-corrected chi connectivity index (χ2v) is 2.49. The van der Waals surface area contributed by atoms with Crippen molar-refractivity contribution in [2.45, 2.75) is 19.9 Å². The highest BCUT2D eigenvalue weighted by Crippen LogP contribution is 1.88. The third kappa shape index (κ3) is 3.95. The van der Waals surface area contributed by atoms with Crippen molar-refractivity contribution in [1.82, 2.24) is 4.90 Å². The monoisotopic (exact) mass is 159 g/mol. The van der Waals surface area contributed by atoms with Crippen LogP contribution in [0.1, 0.15) is 13.8 Å². The molecule has 0 spiro atoms. The number of amides is 1. The maximum atomic E-state index is 10.5. The third-order valence-electron chi connectivity index (χ3n) is 1.71. The number of carbonyl (C=O) groups excluding carboxylic acids is 1. The van der Waals surface area contributed by atoms with Crippen LogP contribution in [0, 0.1) is 0 Å². The van der Waals surface area contributed by atoms with Crippen molar-refractivity contribution in [3.63, 3.8) is 0 Å². The topological polar surface area (TPSA) is 72.3 Å².